The molecule has 6 N–H and O–H groups in total. The number of carboxylic acids is 1. The Hall–Kier alpha value is -3.07. The maximum atomic E-state index is 12.7. The van der Waals surface area contributed by atoms with Crippen LogP contribution in [-0.2, 0) is 28.7 Å². The van der Waals surface area contributed by atoms with Gasteiger partial charge in [0.1, 0.15) is 29.5 Å². The fourth-order valence-electron chi connectivity index (χ4n) is 4.67. The molecule has 0 fully saturated rings. The molecule has 2 aromatic rings. The Morgan fingerprint density at radius 2 is 1.22 bits per heavy atom. The van der Waals surface area contributed by atoms with Gasteiger partial charge in [0.2, 0.25) is 23.6 Å². The number of nitrogens with one attached hydrogen (secondary N) is 4. The summed E-state index contributed by atoms with van der Waals surface area (Å²) in [5, 5.41) is 32.4. The number of pyridine rings is 2. The number of unbranched alkanes of at least 4 members (excludes halogenated alkanes) is 4. The van der Waals surface area contributed by atoms with Crippen LogP contribution in [0.15, 0.2) is 58.8 Å². The Kier molecular flexibility index (Phi) is 28.0. The molecule has 1 unspecified atom stereocenters. The number of carbonyl (C=O) groups is 5. The van der Waals surface area contributed by atoms with E-state index < -0.39 is 31.3 Å². The molecule has 15 nitrogen and oxygen atoms in total. The highest BCUT2D eigenvalue weighted by Crippen LogP contribution is 2.30. The third-order valence-corrected chi connectivity index (χ3v) is 12.1. The zero-order chi connectivity index (χ0) is 39.8. The van der Waals surface area contributed by atoms with Gasteiger partial charge >= 0.3 is 5.97 Å². The molecule has 0 aliphatic carbocycles. The van der Waals surface area contributed by atoms with Gasteiger partial charge in [-0.25, -0.2) is 14.8 Å². The lowest BCUT2D eigenvalue weighted by atomic mass is 10.2. The Morgan fingerprint density at radius 1 is 0.673 bits per heavy atom. The van der Waals surface area contributed by atoms with Crippen molar-refractivity contribution in [2.75, 3.05) is 64.0 Å². The van der Waals surface area contributed by atoms with Gasteiger partial charge in [-0.1, -0.05) is 46.6 Å². The summed E-state index contributed by atoms with van der Waals surface area (Å²) in [4.78, 5) is 70.2. The smallest absolute Gasteiger partial charge is 0.329 e. The van der Waals surface area contributed by atoms with E-state index in [1.54, 1.807) is 55.6 Å². The summed E-state index contributed by atoms with van der Waals surface area (Å²) in [7, 11) is 6.35. The maximum absolute atomic E-state index is 12.7. The van der Waals surface area contributed by atoms with Crippen molar-refractivity contribution < 1.29 is 38.9 Å². The predicted molar refractivity (Wildman–Crippen MR) is 219 cm³/mol. The second-order valence-corrected chi connectivity index (χ2v) is 17.0. The summed E-state index contributed by atoms with van der Waals surface area (Å²) in [5.41, 5.74) is 0. The average molecular weight is 842 g/mol. The Labute approximate surface area is 339 Å². The SMILES string of the molecule is O=C(O)COCC(=O)N(CCNC(=O)CCCCCNC(=O)CCSSc1ccccn1)CCNC(=O)CCCCCNC(O)CCSSc1ccccn1. The first kappa shape index (κ1) is 48.1. The van der Waals surface area contributed by atoms with Crippen molar-refractivity contribution in [3.05, 3.63) is 48.8 Å². The van der Waals surface area contributed by atoms with E-state index in [1.807, 2.05) is 36.4 Å². The van der Waals surface area contributed by atoms with Crippen LogP contribution in [0.2, 0.25) is 0 Å². The molecule has 0 saturated carbocycles. The molecule has 0 radical (unpaired) electrons. The van der Waals surface area contributed by atoms with E-state index in [4.69, 9.17) is 9.84 Å². The van der Waals surface area contributed by atoms with Gasteiger partial charge in [-0.15, -0.1) is 0 Å². The molecule has 4 amide bonds. The summed E-state index contributed by atoms with van der Waals surface area (Å²) in [6.07, 6.45) is 9.06. The monoisotopic (exact) mass is 841 g/mol. The van der Waals surface area contributed by atoms with Crippen LogP contribution in [0.1, 0.15) is 64.2 Å². The van der Waals surface area contributed by atoms with Gasteiger partial charge in [0.15, 0.2) is 0 Å². The van der Waals surface area contributed by atoms with Gasteiger partial charge in [-0.05, 0) is 84.5 Å². The summed E-state index contributed by atoms with van der Waals surface area (Å²) in [5.74, 6) is -0.485. The van der Waals surface area contributed by atoms with Crippen LogP contribution < -0.4 is 21.3 Å². The van der Waals surface area contributed by atoms with Crippen molar-refractivity contribution in [3.8, 4) is 0 Å². The van der Waals surface area contributed by atoms with Gasteiger partial charge in [-0.2, -0.15) is 0 Å². The van der Waals surface area contributed by atoms with Crippen molar-refractivity contribution in [3.63, 3.8) is 0 Å². The number of aromatic nitrogens is 2. The first-order valence-corrected chi connectivity index (χ1v) is 23.1. The fraction of sp³-hybridized carbons (Fsp3) is 0.583. The van der Waals surface area contributed by atoms with E-state index in [0.29, 0.717) is 57.4 Å². The first-order chi connectivity index (χ1) is 26.7. The molecule has 0 aliphatic rings. The van der Waals surface area contributed by atoms with Gasteiger partial charge in [0, 0.05) is 75.9 Å². The Bertz CT molecular complexity index is 1370. The van der Waals surface area contributed by atoms with E-state index in [1.165, 1.54) is 4.90 Å². The van der Waals surface area contributed by atoms with E-state index in [9.17, 15) is 29.1 Å². The number of ether oxygens (including phenoxy) is 1. The maximum Gasteiger partial charge on any atom is 0.329 e. The van der Waals surface area contributed by atoms with Gasteiger partial charge in [0.25, 0.3) is 0 Å². The minimum atomic E-state index is -1.19. The number of aliphatic hydroxyl groups excluding tert-OH is 1. The lowest BCUT2D eigenvalue weighted by molar-refractivity contribution is -0.146. The largest absolute Gasteiger partial charge is 0.480 e. The molecule has 2 aromatic heterocycles. The molecule has 2 rings (SSSR count). The van der Waals surface area contributed by atoms with Crippen LogP contribution in [0.3, 0.4) is 0 Å². The third kappa shape index (κ3) is 27.2. The van der Waals surface area contributed by atoms with Crippen molar-refractivity contribution >= 4 is 72.8 Å². The first-order valence-electron chi connectivity index (χ1n) is 18.4. The number of carbonyl (C=O) groups excluding carboxylic acids is 4. The minimum absolute atomic E-state index is 0.00548. The highest BCUT2D eigenvalue weighted by atomic mass is 33.1. The summed E-state index contributed by atoms with van der Waals surface area (Å²) >= 11 is 0. The highest BCUT2D eigenvalue weighted by molar-refractivity contribution is 8.77. The van der Waals surface area contributed by atoms with Crippen LogP contribution in [-0.4, -0.2) is 125 Å². The number of aliphatic carboxylic acids is 1. The Morgan fingerprint density at radius 3 is 1.78 bits per heavy atom. The summed E-state index contributed by atoms with van der Waals surface area (Å²) < 4.78 is 4.95. The van der Waals surface area contributed by atoms with Crippen LogP contribution in [0, 0.1) is 0 Å². The van der Waals surface area contributed by atoms with Crippen LogP contribution in [0.5, 0.6) is 0 Å². The molecule has 2 heterocycles. The number of aliphatic hydroxyl groups is 1. The average Bonchev–Trinajstić information content (AvgIpc) is 3.17. The van der Waals surface area contributed by atoms with Crippen molar-refractivity contribution in [2.24, 2.45) is 0 Å². The highest BCUT2D eigenvalue weighted by Gasteiger charge is 2.15. The molecule has 306 valence electrons. The van der Waals surface area contributed by atoms with Crippen molar-refractivity contribution in [1.29, 1.82) is 0 Å². The van der Waals surface area contributed by atoms with Gasteiger partial charge in [-0.3, -0.25) is 24.5 Å². The van der Waals surface area contributed by atoms with Crippen molar-refractivity contribution in [1.82, 2.24) is 36.1 Å². The quantitative estimate of drug-likeness (QED) is 0.0343. The second kappa shape index (κ2) is 32.1. The normalized spacial score (nSPS) is 11.4. The molecular weight excluding hydrogens is 787 g/mol. The molecule has 0 aromatic carbocycles. The van der Waals surface area contributed by atoms with Crippen LogP contribution in [0.4, 0.5) is 0 Å². The number of amides is 4. The lowest BCUT2D eigenvalue weighted by Crippen LogP contribution is -2.44. The second-order valence-electron chi connectivity index (χ2n) is 12.1. The standard InChI is InChI=1S/C36H55N7O8S4/c44-29(11-3-1-7-17-37-31(46)15-25-52-54-33-13-5-9-19-41-33)39-21-23-43(35(48)27-51-28-36(49)50)24-22-40-30(45)12-4-2-8-18-38-32(47)16-26-53-55-34-14-6-10-20-42-34/h5-6,9-10,13-14,19-20,31,37,46H,1-4,7-8,11-12,15-18,21-28H2,(H,38,47)(H,39,44)(H,40,45)(H,49,50). The molecule has 0 aliphatic heterocycles. The van der Waals surface area contributed by atoms with E-state index in [0.717, 1.165) is 41.5 Å². The topological polar surface area (TPSA) is 212 Å². The molecule has 0 saturated heterocycles. The number of hydrogen-bond acceptors (Lipinski definition) is 14. The number of nitrogens with zero attached hydrogens (tertiary/aromatic N) is 3. The number of rotatable bonds is 33. The van der Waals surface area contributed by atoms with E-state index in [-0.39, 0.29) is 43.9 Å². The van der Waals surface area contributed by atoms with E-state index >= 15 is 0 Å². The zero-order valence-electron chi connectivity index (χ0n) is 31.2. The zero-order valence-corrected chi connectivity index (χ0v) is 34.4. The molecule has 55 heavy (non-hydrogen) atoms. The minimum Gasteiger partial charge on any atom is -0.480 e. The molecular formula is C36H55N7O8S4. The third-order valence-electron chi connectivity index (χ3n) is 7.53. The predicted octanol–water partition coefficient (Wildman–Crippen LogP) is 3.74. The molecule has 1 atom stereocenters. The fourth-order valence-corrected chi connectivity index (χ4v) is 8.50. The lowest BCUT2D eigenvalue weighted by Gasteiger charge is -2.23. The van der Waals surface area contributed by atoms with Crippen molar-refractivity contribution in [2.45, 2.75) is 80.5 Å². The number of carboxylic acid groups (broad SMARTS) is 1. The number of hydrogen-bond donors (Lipinski definition) is 6. The summed E-state index contributed by atoms with van der Waals surface area (Å²) in [6, 6.07) is 11.5. The molecule has 0 bridgehead atoms. The van der Waals surface area contributed by atoms with Gasteiger partial charge in [0.05, 0.1) is 0 Å². The molecule has 0 spiro atoms. The van der Waals surface area contributed by atoms with Crippen LogP contribution >= 0.6 is 43.2 Å². The van der Waals surface area contributed by atoms with Gasteiger partial charge < -0.3 is 35.8 Å². The van der Waals surface area contributed by atoms with Crippen LogP contribution in [0.25, 0.3) is 0 Å². The Balaban J connectivity index is 1.51. The molecule has 19 heteroatoms. The summed E-state index contributed by atoms with van der Waals surface area (Å²) in [6.45, 7) is 0.878. The van der Waals surface area contributed by atoms with E-state index in [2.05, 4.69) is 31.2 Å².